The SMILES string of the molecule is COc1ccc(C2=C(c3ccc(OC)cc3)SC(=Nc3ccccc3F)NN2)cc1. The van der Waals surface area contributed by atoms with Crippen LogP contribution in [0, 0.1) is 5.82 Å². The zero-order valence-electron chi connectivity index (χ0n) is 16.5. The summed E-state index contributed by atoms with van der Waals surface area (Å²) in [6, 6.07) is 22.0. The molecule has 1 aliphatic rings. The Hall–Kier alpha value is -3.45. The molecule has 0 aliphatic carbocycles. The van der Waals surface area contributed by atoms with Gasteiger partial charge in [-0.2, -0.15) is 0 Å². The fraction of sp³-hybridized carbons (Fsp3) is 0.0870. The molecule has 0 radical (unpaired) electrons. The average Bonchev–Trinajstić information content (AvgIpc) is 2.81. The van der Waals surface area contributed by atoms with Crippen molar-refractivity contribution in [2.45, 2.75) is 0 Å². The van der Waals surface area contributed by atoms with E-state index in [1.54, 1.807) is 32.4 Å². The quantitative estimate of drug-likeness (QED) is 0.593. The van der Waals surface area contributed by atoms with Gasteiger partial charge in [0.05, 0.1) is 19.9 Å². The first-order valence-electron chi connectivity index (χ1n) is 9.24. The molecule has 0 bridgehead atoms. The van der Waals surface area contributed by atoms with E-state index >= 15 is 0 Å². The van der Waals surface area contributed by atoms with E-state index in [9.17, 15) is 4.39 Å². The smallest absolute Gasteiger partial charge is 0.185 e. The third kappa shape index (κ3) is 4.26. The van der Waals surface area contributed by atoms with Crippen LogP contribution in [0.25, 0.3) is 10.6 Å². The van der Waals surface area contributed by atoms with Gasteiger partial charge in [-0.1, -0.05) is 24.3 Å². The average molecular weight is 421 g/mol. The van der Waals surface area contributed by atoms with E-state index in [-0.39, 0.29) is 11.5 Å². The van der Waals surface area contributed by atoms with Crippen LogP contribution in [0.2, 0.25) is 0 Å². The van der Waals surface area contributed by atoms with E-state index in [1.807, 2.05) is 48.5 Å². The van der Waals surface area contributed by atoms with E-state index in [0.29, 0.717) is 5.17 Å². The van der Waals surface area contributed by atoms with Crippen molar-refractivity contribution in [2.75, 3.05) is 14.2 Å². The lowest BCUT2D eigenvalue weighted by atomic mass is 10.1. The van der Waals surface area contributed by atoms with Gasteiger partial charge in [-0.15, -0.1) is 0 Å². The molecular weight excluding hydrogens is 401 g/mol. The van der Waals surface area contributed by atoms with Gasteiger partial charge in [0.15, 0.2) is 5.17 Å². The van der Waals surface area contributed by atoms with Gasteiger partial charge < -0.3 is 9.47 Å². The molecule has 1 aliphatic heterocycles. The van der Waals surface area contributed by atoms with E-state index in [2.05, 4.69) is 15.8 Å². The molecule has 152 valence electrons. The number of hydrogen-bond donors (Lipinski definition) is 2. The maximum absolute atomic E-state index is 14.1. The van der Waals surface area contributed by atoms with Crippen LogP contribution < -0.4 is 20.3 Å². The topological polar surface area (TPSA) is 54.9 Å². The normalized spacial score (nSPS) is 14.8. The summed E-state index contributed by atoms with van der Waals surface area (Å²) in [6.07, 6.45) is 0. The second-order valence-corrected chi connectivity index (χ2v) is 7.38. The number of aliphatic imine (C=N–C) groups is 1. The van der Waals surface area contributed by atoms with Crippen molar-refractivity contribution in [1.29, 1.82) is 0 Å². The van der Waals surface area contributed by atoms with Crippen LogP contribution in [0.3, 0.4) is 0 Å². The highest BCUT2D eigenvalue weighted by molar-refractivity contribution is 8.21. The third-order valence-corrected chi connectivity index (χ3v) is 5.56. The molecule has 4 rings (SSSR count). The number of thioether (sulfide) groups is 1. The molecule has 7 heteroatoms. The zero-order valence-corrected chi connectivity index (χ0v) is 17.3. The summed E-state index contributed by atoms with van der Waals surface area (Å²) >= 11 is 1.43. The molecule has 0 saturated heterocycles. The molecule has 5 nitrogen and oxygen atoms in total. The van der Waals surface area contributed by atoms with E-state index in [0.717, 1.165) is 33.2 Å². The lowest BCUT2D eigenvalue weighted by Crippen LogP contribution is -2.38. The summed E-state index contributed by atoms with van der Waals surface area (Å²) in [4.78, 5) is 5.39. The van der Waals surface area contributed by atoms with E-state index in [1.165, 1.54) is 17.8 Å². The lowest BCUT2D eigenvalue weighted by molar-refractivity contribution is 0.414. The van der Waals surface area contributed by atoms with Gasteiger partial charge in [-0.05, 0) is 65.9 Å². The van der Waals surface area contributed by atoms with Gasteiger partial charge in [-0.3, -0.25) is 10.9 Å². The highest BCUT2D eigenvalue weighted by Gasteiger charge is 2.21. The first-order valence-corrected chi connectivity index (χ1v) is 10.1. The molecule has 3 aromatic carbocycles. The molecular formula is C23H20FN3O2S. The second kappa shape index (κ2) is 8.92. The molecule has 0 unspecified atom stereocenters. The van der Waals surface area contributed by atoms with Crippen molar-refractivity contribution in [3.05, 3.63) is 89.7 Å². The van der Waals surface area contributed by atoms with Gasteiger partial charge in [0, 0.05) is 10.5 Å². The molecule has 0 atom stereocenters. The molecule has 0 fully saturated rings. The number of rotatable bonds is 5. The first-order chi connectivity index (χ1) is 14.7. The molecule has 30 heavy (non-hydrogen) atoms. The van der Waals surface area contributed by atoms with Crippen molar-refractivity contribution < 1.29 is 13.9 Å². The Morgan fingerprint density at radius 1 is 0.767 bits per heavy atom. The Labute approximate surface area is 178 Å². The standard InChI is InChI=1S/C23H20FN3O2S/c1-28-17-11-7-15(8-12-17)21-22(16-9-13-18(29-2)14-10-16)30-23(27-26-21)25-20-6-4-3-5-19(20)24/h3-14,26H,1-2H3,(H,25,27). The molecule has 3 aromatic rings. The fourth-order valence-electron chi connectivity index (χ4n) is 2.96. The van der Waals surface area contributed by atoms with Crippen LogP contribution in [0.4, 0.5) is 10.1 Å². The van der Waals surface area contributed by atoms with Crippen molar-refractivity contribution in [2.24, 2.45) is 4.99 Å². The summed E-state index contributed by atoms with van der Waals surface area (Å²) < 4.78 is 24.6. The summed E-state index contributed by atoms with van der Waals surface area (Å²) in [5.74, 6) is 1.18. The van der Waals surface area contributed by atoms with Crippen LogP contribution in [0.5, 0.6) is 11.5 Å². The van der Waals surface area contributed by atoms with Crippen molar-refractivity contribution in [3.8, 4) is 11.5 Å². The van der Waals surface area contributed by atoms with Gasteiger partial charge in [0.1, 0.15) is 23.0 Å². The number of methoxy groups -OCH3 is 2. The maximum Gasteiger partial charge on any atom is 0.185 e. The number of hydrazine groups is 1. The van der Waals surface area contributed by atoms with Crippen molar-refractivity contribution >= 4 is 33.2 Å². The summed E-state index contributed by atoms with van der Waals surface area (Å²) in [7, 11) is 3.27. The Kier molecular flexibility index (Phi) is 5.90. The van der Waals surface area contributed by atoms with E-state index in [4.69, 9.17) is 9.47 Å². The van der Waals surface area contributed by atoms with Gasteiger partial charge in [0.25, 0.3) is 0 Å². The predicted molar refractivity (Wildman–Crippen MR) is 120 cm³/mol. The molecule has 0 aromatic heterocycles. The number of halogens is 1. The summed E-state index contributed by atoms with van der Waals surface area (Å²) in [5, 5.41) is 0.545. The predicted octanol–water partition coefficient (Wildman–Crippen LogP) is 5.20. The number of nitrogens with one attached hydrogen (secondary N) is 2. The minimum Gasteiger partial charge on any atom is -0.497 e. The largest absolute Gasteiger partial charge is 0.497 e. The summed E-state index contributed by atoms with van der Waals surface area (Å²) in [5.41, 5.74) is 9.43. The number of ether oxygens (including phenoxy) is 2. The number of hydrogen-bond acceptors (Lipinski definition) is 5. The van der Waals surface area contributed by atoms with Crippen LogP contribution in [-0.4, -0.2) is 19.4 Å². The van der Waals surface area contributed by atoms with Crippen molar-refractivity contribution in [1.82, 2.24) is 10.9 Å². The highest BCUT2D eigenvalue weighted by atomic mass is 32.2. The third-order valence-electron chi connectivity index (χ3n) is 4.53. The maximum atomic E-state index is 14.1. The van der Waals surface area contributed by atoms with Crippen LogP contribution >= 0.6 is 11.8 Å². The highest BCUT2D eigenvalue weighted by Crippen LogP contribution is 2.38. The molecule has 0 spiro atoms. The van der Waals surface area contributed by atoms with Gasteiger partial charge in [-0.25, -0.2) is 9.38 Å². The minimum atomic E-state index is -0.372. The van der Waals surface area contributed by atoms with Crippen molar-refractivity contribution in [3.63, 3.8) is 0 Å². The van der Waals surface area contributed by atoms with Crippen LogP contribution in [0.1, 0.15) is 11.1 Å². The molecule has 2 N–H and O–H groups in total. The van der Waals surface area contributed by atoms with Crippen LogP contribution in [-0.2, 0) is 0 Å². The molecule has 1 heterocycles. The minimum absolute atomic E-state index is 0.274. The zero-order chi connectivity index (χ0) is 20.9. The Bertz CT molecular complexity index is 1100. The summed E-state index contributed by atoms with van der Waals surface area (Å²) in [6.45, 7) is 0. The fourth-order valence-corrected chi connectivity index (χ4v) is 3.92. The number of amidine groups is 1. The van der Waals surface area contributed by atoms with E-state index < -0.39 is 0 Å². The molecule has 0 saturated carbocycles. The Morgan fingerprint density at radius 2 is 1.37 bits per heavy atom. The number of nitrogens with zero attached hydrogens (tertiary/aromatic N) is 1. The van der Waals surface area contributed by atoms with Gasteiger partial charge in [0.2, 0.25) is 0 Å². The first kappa shape index (κ1) is 19.8. The number of benzene rings is 3. The number of para-hydroxylation sites is 1. The lowest BCUT2D eigenvalue weighted by Gasteiger charge is -2.25. The Balaban J connectivity index is 1.76. The van der Waals surface area contributed by atoms with Gasteiger partial charge >= 0.3 is 0 Å². The Morgan fingerprint density at radius 3 is 1.97 bits per heavy atom. The van der Waals surface area contributed by atoms with Crippen LogP contribution in [0.15, 0.2) is 77.8 Å². The second-order valence-electron chi connectivity index (χ2n) is 6.38. The monoisotopic (exact) mass is 421 g/mol. The molecule has 0 amide bonds.